The van der Waals surface area contributed by atoms with Crippen molar-refractivity contribution in [2.75, 3.05) is 6.61 Å². The second-order valence-corrected chi connectivity index (χ2v) is 8.09. The van der Waals surface area contributed by atoms with Crippen LogP contribution in [0.2, 0.25) is 12.5 Å². The summed E-state index contributed by atoms with van der Waals surface area (Å²) in [7, 11) is 21.7. The van der Waals surface area contributed by atoms with Crippen LogP contribution in [0.15, 0.2) is 77.8 Å². The molecule has 0 aliphatic rings. The molecule has 11 radical (unpaired) electrons. The van der Waals surface area contributed by atoms with E-state index in [-0.39, 0.29) is 12.3 Å². The first-order valence-electron chi connectivity index (χ1n) is 12.7. The van der Waals surface area contributed by atoms with Crippen molar-refractivity contribution >= 4 is 89.5 Å². The molecule has 0 amide bonds. The van der Waals surface area contributed by atoms with E-state index in [4.69, 9.17) is 21.9 Å². The number of carbonyl (C=O) groups is 1. The Morgan fingerprint density at radius 3 is 2.33 bits per heavy atom. The highest BCUT2D eigenvalue weighted by Gasteiger charge is 2.12. The van der Waals surface area contributed by atoms with Crippen LogP contribution in [0.5, 0.6) is 23.0 Å². The van der Waals surface area contributed by atoms with E-state index in [2.05, 4.69) is 4.99 Å². The molecular weight excluding hydrogens is 474 g/mol. The zero-order valence-electron chi connectivity index (χ0n) is 22.0. The third-order valence-corrected chi connectivity index (χ3v) is 5.09. The van der Waals surface area contributed by atoms with Gasteiger partial charge in [0, 0.05) is 76.9 Å². The topological polar surface area (TPSA) is 57.1 Å². The van der Waals surface area contributed by atoms with E-state index in [1.165, 1.54) is 7.06 Å². The van der Waals surface area contributed by atoms with Gasteiger partial charge in [0.15, 0.2) is 11.5 Å². The zero-order chi connectivity index (χ0) is 27.5. The molecule has 0 fully saturated rings. The number of carbonyl (C=O) groups excluding carboxylic acids is 1. The molecule has 0 aromatic heterocycles. The van der Waals surface area contributed by atoms with Crippen LogP contribution in [-0.2, 0) is 4.79 Å². The lowest BCUT2D eigenvalue weighted by atomic mass is 8.90. The molecule has 3 aromatic rings. The van der Waals surface area contributed by atoms with E-state index in [0.29, 0.717) is 24.3 Å². The Hall–Kier alpha value is -2.95. The van der Waals surface area contributed by atoms with Gasteiger partial charge in [0.25, 0.3) is 0 Å². The highest BCUT2D eigenvalue weighted by Crippen LogP contribution is 2.29. The van der Waals surface area contributed by atoms with Gasteiger partial charge >= 0.3 is 5.97 Å². The average Bonchev–Trinajstić information content (AvgIpc) is 2.95. The van der Waals surface area contributed by atoms with E-state index in [9.17, 15) is 4.79 Å². The van der Waals surface area contributed by atoms with Gasteiger partial charge in [0.1, 0.15) is 18.8 Å². The Kier molecular flexibility index (Phi) is 14.4. The Balaban J connectivity index is 1.44. The number of aliphatic imine (C=N–C) groups is 1. The lowest BCUT2D eigenvalue weighted by molar-refractivity contribution is -0.132. The summed E-state index contributed by atoms with van der Waals surface area (Å²) in [4.78, 5) is 16.9. The molecule has 0 saturated heterocycles. The van der Waals surface area contributed by atoms with Gasteiger partial charge in [0.2, 0.25) is 0 Å². The third-order valence-electron chi connectivity index (χ3n) is 5.09. The fraction of sp³-hybridized carbons (Fsp3) is 0.167. The molecule has 3 rings (SSSR count). The highest BCUT2D eigenvalue weighted by molar-refractivity contribution is 7.67. The summed E-state index contributed by atoms with van der Waals surface area (Å²) in [5.74, 6) is 2.03. The molecule has 0 saturated carbocycles. The smallest absolute Gasteiger partial charge is 0.303 e. The summed E-state index contributed by atoms with van der Waals surface area (Å²) in [5.41, 5.74) is 1.60. The van der Waals surface area contributed by atoms with Crippen molar-refractivity contribution in [2.45, 2.75) is 19.5 Å². The largest absolute Gasteiger partial charge is 0.490 e. The maximum atomic E-state index is 12.3. The molecule has 0 unspecified atom stereocenters. The number of benzene rings is 3. The van der Waals surface area contributed by atoms with E-state index in [0.717, 1.165) is 22.7 Å². The van der Waals surface area contributed by atoms with E-state index >= 15 is 0 Å². The van der Waals surface area contributed by atoms with Crippen LogP contribution in [0, 0.1) is 0 Å². The fourth-order valence-corrected chi connectivity index (χ4v) is 3.27. The van der Waals surface area contributed by atoms with E-state index in [1.54, 1.807) is 25.4 Å². The van der Waals surface area contributed by atoms with Gasteiger partial charge in [-0.25, -0.2) is 0 Å². The predicted octanol–water partition coefficient (Wildman–Crippen LogP) is 2.15. The lowest BCUT2D eigenvalue weighted by Crippen LogP contribution is -2.30. The van der Waals surface area contributed by atoms with Crippen LogP contribution in [0.25, 0.3) is 0 Å². The Morgan fingerprint density at radius 2 is 1.59 bits per heavy atom. The zero-order valence-corrected chi connectivity index (χ0v) is 22.0. The minimum absolute atomic E-state index is 0.189. The minimum Gasteiger partial charge on any atom is -0.490 e. The number of esters is 1. The Labute approximate surface area is 240 Å². The van der Waals surface area contributed by atoms with E-state index < -0.39 is 0 Å². The van der Waals surface area contributed by atoms with Gasteiger partial charge in [-0.3, -0.25) is 9.79 Å². The van der Waals surface area contributed by atoms with Crippen LogP contribution in [0.1, 0.15) is 12.5 Å². The second kappa shape index (κ2) is 18.4. The molecule has 0 atom stereocenters. The van der Waals surface area contributed by atoms with Crippen molar-refractivity contribution < 1.29 is 19.0 Å². The van der Waals surface area contributed by atoms with Gasteiger partial charge in [0.05, 0.1) is 12.3 Å². The normalized spacial score (nSPS) is 10.1. The van der Waals surface area contributed by atoms with E-state index in [1.807, 2.05) is 117 Å². The van der Waals surface area contributed by atoms with Crippen molar-refractivity contribution in [3.63, 3.8) is 0 Å². The maximum Gasteiger partial charge on any atom is 0.303 e. The quantitative estimate of drug-likeness (QED) is 0.0891. The van der Waals surface area contributed by atoms with Crippen LogP contribution in [-0.4, -0.2) is 90.4 Å². The second-order valence-electron chi connectivity index (χ2n) is 8.09. The molecular formula is C24H22B10NO4. The summed E-state index contributed by atoms with van der Waals surface area (Å²) in [6.07, 6.45) is 2.58. The summed E-state index contributed by atoms with van der Waals surface area (Å²) in [6, 6.07) is 22.5. The van der Waals surface area contributed by atoms with Gasteiger partial charge < -0.3 is 14.2 Å². The molecule has 39 heavy (non-hydrogen) atoms. The van der Waals surface area contributed by atoms with Crippen molar-refractivity contribution in [1.29, 1.82) is 0 Å². The van der Waals surface area contributed by atoms with Gasteiger partial charge in [-0.15, -0.1) is 6.22 Å². The fourth-order valence-electron chi connectivity index (χ4n) is 3.27. The molecule has 0 aliphatic carbocycles. The number of nitrogens with zero attached hydrogens (tertiary/aromatic N) is 1. The first-order valence-corrected chi connectivity index (χ1v) is 12.7. The number of hydrogen-bond donors (Lipinski definition) is 0. The summed E-state index contributed by atoms with van der Waals surface area (Å²) >= 11 is 0. The van der Waals surface area contributed by atoms with Crippen molar-refractivity contribution in [1.82, 2.24) is 0 Å². The van der Waals surface area contributed by atoms with Gasteiger partial charge in [-0.05, 0) is 67.1 Å². The first kappa shape index (κ1) is 30.6. The molecule has 0 N–H and O–H groups in total. The van der Waals surface area contributed by atoms with Crippen LogP contribution < -0.4 is 14.2 Å². The molecule has 177 valence electrons. The van der Waals surface area contributed by atoms with Crippen LogP contribution in [0.4, 0.5) is 5.69 Å². The standard InChI is InChI=1S/C24H22B10NO4/c1-2-37-23-14-18(16-35-19-9-11-21(12-10-19)38-20-6-4-3-5-7-20)8-13-22(23)39-24(36)15-26-17-27-29-31-33-34-32-30-28-25/h3-14,16H,2,15,17H2,1H3. The Morgan fingerprint density at radius 1 is 0.872 bits per heavy atom. The van der Waals surface area contributed by atoms with Crippen molar-refractivity contribution in [3.05, 3.63) is 78.4 Å². The Bertz CT molecular complexity index is 1160. The molecule has 0 heterocycles. The molecule has 5 nitrogen and oxygen atoms in total. The number of ether oxygens (including phenoxy) is 3. The number of para-hydroxylation sites is 1. The van der Waals surface area contributed by atoms with Crippen molar-refractivity contribution in [3.8, 4) is 23.0 Å². The monoisotopic (exact) mass is 498 g/mol. The third kappa shape index (κ3) is 12.2. The summed E-state index contributed by atoms with van der Waals surface area (Å²) < 4.78 is 17.1. The maximum absolute atomic E-state index is 12.3. The predicted molar refractivity (Wildman–Crippen MR) is 171 cm³/mol. The highest BCUT2D eigenvalue weighted by atomic mass is 16.6. The van der Waals surface area contributed by atoms with Gasteiger partial charge in [-0.1, -0.05) is 18.2 Å². The average molecular weight is 497 g/mol. The molecule has 15 heteroatoms. The number of rotatable bonds is 18. The molecule has 0 bridgehead atoms. The first-order chi connectivity index (χ1) is 19.2. The SMILES string of the molecule is [B][B][B][B][B][B][B][B][B]C[B]CC(=O)Oc1ccc(C=Nc2ccc(Oc3ccccc3)cc2)cc1OCC. The number of hydrogen-bond acceptors (Lipinski definition) is 5. The van der Waals surface area contributed by atoms with Crippen molar-refractivity contribution in [2.24, 2.45) is 4.99 Å². The van der Waals surface area contributed by atoms with Crippen LogP contribution in [0.3, 0.4) is 0 Å². The summed E-state index contributed by atoms with van der Waals surface area (Å²) in [5, 5.41) is 0. The molecule has 0 aliphatic heterocycles. The minimum atomic E-state index is -0.351. The van der Waals surface area contributed by atoms with Gasteiger partial charge in [-0.2, -0.15) is 0 Å². The van der Waals surface area contributed by atoms with Crippen LogP contribution >= 0.6 is 0 Å². The molecule has 3 aromatic carbocycles. The summed E-state index contributed by atoms with van der Waals surface area (Å²) in [6.45, 7) is 2.32. The lowest BCUT2D eigenvalue weighted by Gasteiger charge is -2.11. The molecule has 0 spiro atoms.